The summed E-state index contributed by atoms with van der Waals surface area (Å²) in [7, 11) is 1.66. The number of esters is 1. The Morgan fingerprint density at radius 1 is 1.23 bits per heavy atom. The van der Waals surface area contributed by atoms with Gasteiger partial charge in [0.1, 0.15) is 10.4 Å². The average molecular weight is 375 g/mol. The molecule has 140 valence electrons. The molecular formula is C20H26N2O3S. The van der Waals surface area contributed by atoms with Crippen LogP contribution in [0.1, 0.15) is 72.0 Å². The van der Waals surface area contributed by atoms with Gasteiger partial charge in [-0.05, 0) is 57.1 Å². The van der Waals surface area contributed by atoms with Gasteiger partial charge in [-0.1, -0.05) is 19.3 Å². The number of carbonyl (C=O) groups is 2. The van der Waals surface area contributed by atoms with Gasteiger partial charge in [0.25, 0.3) is 5.91 Å². The lowest BCUT2D eigenvalue weighted by Crippen LogP contribution is -2.53. The van der Waals surface area contributed by atoms with Crippen LogP contribution in [0.25, 0.3) is 0 Å². The average Bonchev–Trinajstić information content (AvgIpc) is 3.11. The molecule has 0 bridgehead atoms. The number of carbonyl (C=O) groups excluding carboxylic acids is 2. The molecule has 3 rings (SSSR count). The number of nitriles is 1. The van der Waals surface area contributed by atoms with E-state index in [0.717, 1.165) is 44.9 Å². The number of likely N-dealkylation sites (N-methyl/N-ethyl adjacent to an activating group) is 1. The van der Waals surface area contributed by atoms with Gasteiger partial charge in [0.15, 0.2) is 6.10 Å². The van der Waals surface area contributed by atoms with E-state index < -0.39 is 17.6 Å². The van der Waals surface area contributed by atoms with E-state index in [0.29, 0.717) is 17.7 Å². The van der Waals surface area contributed by atoms with Crippen LogP contribution in [0, 0.1) is 11.3 Å². The highest BCUT2D eigenvalue weighted by atomic mass is 32.1. The van der Waals surface area contributed by atoms with Gasteiger partial charge >= 0.3 is 5.97 Å². The Labute approximate surface area is 158 Å². The minimum atomic E-state index is -0.890. The molecule has 1 aromatic rings. The van der Waals surface area contributed by atoms with Crippen LogP contribution in [0.5, 0.6) is 0 Å². The first-order valence-corrected chi connectivity index (χ1v) is 10.3. The van der Waals surface area contributed by atoms with Crippen LogP contribution in [0.2, 0.25) is 0 Å². The molecule has 26 heavy (non-hydrogen) atoms. The minimum Gasteiger partial charge on any atom is -0.448 e. The van der Waals surface area contributed by atoms with Crippen LogP contribution in [-0.2, 0) is 22.4 Å². The van der Waals surface area contributed by atoms with Gasteiger partial charge < -0.3 is 9.64 Å². The lowest BCUT2D eigenvalue weighted by molar-refractivity contribution is -0.143. The van der Waals surface area contributed by atoms with E-state index in [1.165, 1.54) is 26.7 Å². The van der Waals surface area contributed by atoms with E-state index in [-0.39, 0.29) is 5.91 Å². The third-order valence-electron chi connectivity index (χ3n) is 5.69. The lowest BCUT2D eigenvalue weighted by atomic mass is 9.81. The first kappa shape index (κ1) is 18.9. The van der Waals surface area contributed by atoms with Crippen LogP contribution in [0.3, 0.4) is 0 Å². The summed E-state index contributed by atoms with van der Waals surface area (Å²) in [6.07, 6.45) is 7.83. The van der Waals surface area contributed by atoms with Crippen molar-refractivity contribution in [3.8, 4) is 6.07 Å². The third-order valence-corrected chi connectivity index (χ3v) is 6.91. The van der Waals surface area contributed by atoms with E-state index in [1.807, 2.05) is 6.07 Å². The number of amides is 1. The van der Waals surface area contributed by atoms with Gasteiger partial charge in [-0.25, -0.2) is 4.79 Å². The SMILES string of the molecule is C[C@H](OC(=O)c1cc2c(s1)CCCC2)C(=O)N(C)C1(C#N)CCCCC1. The summed E-state index contributed by atoms with van der Waals surface area (Å²) < 4.78 is 5.45. The molecular weight excluding hydrogens is 348 g/mol. The molecule has 1 atom stereocenters. The van der Waals surface area contributed by atoms with E-state index in [1.54, 1.807) is 14.0 Å². The molecule has 6 heteroatoms. The number of rotatable bonds is 4. The number of aryl methyl sites for hydroxylation is 2. The number of hydrogen-bond donors (Lipinski definition) is 0. The quantitative estimate of drug-likeness (QED) is 0.751. The van der Waals surface area contributed by atoms with Gasteiger partial charge in [0, 0.05) is 11.9 Å². The highest BCUT2D eigenvalue weighted by Crippen LogP contribution is 2.33. The summed E-state index contributed by atoms with van der Waals surface area (Å²) in [5.41, 5.74) is 0.479. The molecule has 0 spiro atoms. The molecule has 0 N–H and O–H groups in total. The Balaban J connectivity index is 1.65. The summed E-state index contributed by atoms with van der Waals surface area (Å²) in [5, 5.41) is 9.65. The van der Waals surface area contributed by atoms with Crippen molar-refractivity contribution in [1.29, 1.82) is 5.26 Å². The van der Waals surface area contributed by atoms with Crippen molar-refractivity contribution in [2.45, 2.75) is 76.4 Å². The molecule has 1 amide bonds. The van der Waals surface area contributed by atoms with Crippen molar-refractivity contribution >= 4 is 23.2 Å². The van der Waals surface area contributed by atoms with E-state index in [9.17, 15) is 14.9 Å². The molecule has 2 aliphatic carbocycles. The first-order chi connectivity index (χ1) is 12.5. The van der Waals surface area contributed by atoms with Gasteiger partial charge in [-0.15, -0.1) is 11.3 Å². The number of fused-ring (bicyclic) bond motifs is 1. The Hall–Kier alpha value is -1.87. The molecule has 1 saturated carbocycles. The van der Waals surface area contributed by atoms with E-state index >= 15 is 0 Å². The van der Waals surface area contributed by atoms with Gasteiger partial charge in [-0.2, -0.15) is 5.26 Å². The van der Waals surface area contributed by atoms with Crippen molar-refractivity contribution < 1.29 is 14.3 Å². The molecule has 1 fully saturated rings. The summed E-state index contributed by atoms with van der Waals surface area (Å²) in [4.78, 5) is 28.6. The number of hydrogen-bond acceptors (Lipinski definition) is 5. The highest BCUT2D eigenvalue weighted by molar-refractivity contribution is 7.14. The smallest absolute Gasteiger partial charge is 0.349 e. The fourth-order valence-corrected chi connectivity index (χ4v) is 5.14. The maximum Gasteiger partial charge on any atom is 0.349 e. The summed E-state index contributed by atoms with van der Waals surface area (Å²) in [6.45, 7) is 1.60. The Morgan fingerprint density at radius 2 is 1.92 bits per heavy atom. The van der Waals surface area contributed by atoms with Crippen LogP contribution in [-0.4, -0.2) is 35.5 Å². The van der Waals surface area contributed by atoms with Crippen LogP contribution < -0.4 is 0 Å². The number of ether oxygens (including phenoxy) is 1. The van der Waals surface area contributed by atoms with Gasteiger partial charge in [0.2, 0.25) is 0 Å². The maximum atomic E-state index is 12.8. The summed E-state index contributed by atoms with van der Waals surface area (Å²) in [5.74, 6) is -0.739. The topological polar surface area (TPSA) is 70.4 Å². The Bertz CT molecular complexity index is 704. The summed E-state index contributed by atoms with van der Waals surface area (Å²) >= 11 is 1.49. The molecule has 0 radical (unpaired) electrons. The molecule has 5 nitrogen and oxygen atoms in total. The molecule has 2 aliphatic rings. The zero-order chi connectivity index (χ0) is 18.7. The second kappa shape index (κ2) is 7.79. The van der Waals surface area contributed by atoms with Crippen molar-refractivity contribution in [1.82, 2.24) is 4.90 Å². The van der Waals surface area contributed by atoms with Crippen molar-refractivity contribution in [2.24, 2.45) is 0 Å². The molecule has 1 aromatic heterocycles. The summed E-state index contributed by atoms with van der Waals surface area (Å²) in [6, 6.07) is 4.25. The third kappa shape index (κ3) is 3.64. The van der Waals surface area contributed by atoms with E-state index in [2.05, 4.69) is 6.07 Å². The molecule has 0 aromatic carbocycles. The largest absolute Gasteiger partial charge is 0.448 e. The zero-order valence-corrected chi connectivity index (χ0v) is 16.4. The van der Waals surface area contributed by atoms with Gasteiger partial charge in [0.05, 0.1) is 6.07 Å². The zero-order valence-electron chi connectivity index (χ0n) is 15.5. The number of thiophene rings is 1. The molecule has 0 unspecified atom stereocenters. The molecule has 1 heterocycles. The van der Waals surface area contributed by atoms with Crippen molar-refractivity contribution in [3.05, 3.63) is 21.4 Å². The van der Waals surface area contributed by atoms with Crippen LogP contribution >= 0.6 is 11.3 Å². The highest BCUT2D eigenvalue weighted by Gasteiger charge is 2.40. The first-order valence-electron chi connectivity index (χ1n) is 9.48. The number of nitrogens with zero attached hydrogens (tertiary/aromatic N) is 2. The van der Waals surface area contributed by atoms with E-state index in [4.69, 9.17) is 4.74 Å². The van der Waals surface area contributed by atoms with Crippen molar-refractivity contribution in [3.63, 3.8) is 0 Å². The van der Waals surface area contributed by atoms with Crippen LogP contribution in [0.15, 0.2) is 6.07 Å². The minimum absolute atomic E-state index is 0.303. The predicted octanol–water partition coefficient (Wildman–Crippen LogP) is 3.86. The second-order valence-corrected chi connectivity index (χ2v) is 8.55. The van der Waals surface area contributed by atoms with Crippen LogP contribution in [0.4, 0.5) is 0 Å². The second-order valence-electron chi connectivity index (χ2n) is 7.42. The normalized spacial score (nSPS) is 19.7. The Morgan fingerprint density at radius 3 is 2.58 bits per heavy atom. The predicted molar refractivity (Wildman–Crippen MR) is 100 cm³/mol. The maximum absolute atomic E-state index is 12.8. The van der Waals surface area contributed by atoms with Gasteiger partial charge in [-0.3, -0.25) is 4.79 Å². The standard InChI is InChI=1S/C20H26N2O3S/c1-14(18(23)22(2)20(13-21)10-6-3-7-11-20)25-19(24)17-12-15-8-4-5-9-16(15)26-17/h12,14H,3-11H2,1-2H3/t14-/m0/s1. The molecule has 0 saturated heterocycles. The fourth-order valence-electron chi connectivity index (χ4n) is 4.00. The Kier molecular flexibility index (Phi) is 5.67. The lowest BCUT2D eigenvalue weighted by Gasteiger charge is -2.39. The monoisotopic (exact) mass is 374 g/mol. The van der Waals surface area contributed by atoms with Crippen molar-refractivity contribution in [2.75, 3.05) is 7.05 Å². The molecule has 0 aliphatic heterocycles. The fraction of sp³-hybridized carbons (Fsp3) is 0.650.